The highest BCUT2D eigenvalue weighted by atomic mass is 16.6. The van der Waals surface area contributed by atoms with Gasteiger partial charge in [-0.3, -0.25) is 0 Å². The van der Waals surface area contributed by atoms with Gasteiger partial charge in [0.15, 0.2) is 0 Å². The minimum atomic E-state index is -1.65. The third-order valence-electron chi connectivity index (χ3n) is 3.77. The standard InChI is InChI=1S/C16H23BN2O4/c1-2-9-19-10-8-14(12-19)23-16(20)18-15(17(21)22)11-13-6-4-3-5-7-13/h2-7,9,14-15,21-22H,8,10-12H2,1H3,(H,18,20)/t14-,15-/m0/s1. The molecular weight excluding hydrogens is 295 g/mol. The van der Waals surface area contributed by atoms with E-state index in [9.17, 15) is 14.8 Å². The minimum Gasteiger partial charge on any atom is -0.444 e. The van der Waals surface area contributed by atoms with Crippen molar-refractivity contribution in [1.82, 2.24) is 10.2 Å². The zero-order valence-electron chi connectivity index (χ0n) is 13.3. The topological polar surface area (TPSA) is 82.0 Å². The van der Waals surface area contributed by atoms with Crippen LogP contribution in [0.5, 0.6) is 0 Å². The number of carbonyl (C=O) groups is 1. The van der Waals surface area contributed by atoms with Crippen LogP contribution in [-0.4, -0.2) is 53.3 Å². The lowest BCUT2D eigenvalue weighted by Crippen LogP contribution is -2.48. The Balaban J connectivity index is 1.84. The zero-order chi connectivity index (χ0) is 16.7. The first kappa shape index (κ1) is 17.4. The number of alkyl carbamates (subject to hydrolysis) is 1. The quantitative estimate of drug-likeness (QED) is 0.680. The first-order valence-electron chi connectivity index (χ1n) is 7.82. The van der Waals surface area contributed by atoms with Crippen molar-refractivity contribution >= 4 is 13.2 Å². The number of benzene rings is 1. The van der Waals surface area contributed by atoms with Crippen LogP contribution in [0.25, 0.3) is 0 Å². The Kier molecular flexibility index (Phi) is 6.49. The molecule has 1 heterocycles. The van der Waals surface area contributed by atoms with Crippen molar-refractivity contribution in [3.63, 3.8) is 0 Å². The number of nitrogens with zero attached hydrogens (tertiary/aromatic N) is 1. The largest absolute Gasteiger partial charge is 0.475 e. The van der Waals surface area contributed by atoms with Gasteiger partial charge in [-0.1, -0.05) is 36.4 Å². The van der Waals surface area contributed by atoms with Crippen LogP contribution in [-0.2, 0) is 11.2 Å². The number of likely N-dealkylation sites (tertiary alicyclic amines) is 1. The SMILES string of the molecule is CC=CN1CC[C@H](OC(=O)N[C@@H](Cc2ccccc2)B(O)O)C1. The van der Waals surface area contributed by atoms with E-state index in [2.05, 4.69) is 10.2 Å². The molecule has 1 aromatic carbocycles. The number of nitrogens with one attached hydrogen (secondary N) is 1. The number of amides is 1. The highest BCUT2D eigenvalue weighted by molar-refractivity contribution is 6.43. The summed E-state index contributed by atoms with van der Waals surface area (Å²) < 4.78 is 5.36. The van der Waals surface area contributed by atoms with E-state index >= 15 is 0 Å². The molecule has 1 fully saturated rings. The summed E-state index contributed by atoms with van der Waals surface area (Å²) in [5.41, 5.74) is 0.908. The molecule has 7 heteroatoms. The summed E-state index contributed by atoms with van der Waals surface area (Å²) in [6.07, 6.45) is 4.20. The lowest BCUT2D eigenvalue weighted by molar-refractivity contribution is 0.101. The first-order chi connectivity index (χ1) is 11.1. The van der Waals surface area contributed by atoms with Crippen LogP contribution < -0.4 is 5.32 Å². The fourth-order valence-electron chi connectivity index (χ4n) is 2.63. The number of hydrogen-bond acceptors (Lipinski definition) is 5. The van der Waals surface area contributed by atoms with Crippen LogP contribution in [0.2, 0.25) is 0 Å². The van der Waals surface area contributed by atoms with Gasteiger partial charge < -0.3 is 25.0 Å². The van der Waals surface area contributed by atoms with Crippen LogP contribution in [0.15, 0.2) is 42.6 Å². The highest BCUT2D eigenvalue weighted by Crippen LogP contribution is 2.13. The third kappa shape index (κ3) is 5.61. The second-order valence-electron chi connectivity index (χ2n) is 5.65. The average Bonchev–Trinajstić information content (AvgIpc) is 2.95. The van der Waals surface area contributed by atoms with Gasteiger partial charge >= 0.3 is 13.2 Å². The molecule has 1 amide bonds. The van der Waals surface area contributed by atoms with Crippen LogP contribution in [0, 0.1) is 0 Å². The first-order valence-corrected chi connectivity index (χ1v) is 7.82. The maximum absolute atomic E-state index is 12.0. The Morgan fingerprint density at radius 1 is 1.48 bits per heavy atom. The van der Waals surface area contributed by atoms with E-state index in [1.807, 2.05) is 49.5 Å². The van der Waals surface area contributed by atoms with Gasteiger partial charge in [-0.05, 0) is 25.1 Å². The van der Waals surface area contributed by atoms with Crippen LogP contribution >= 0.6 is 0 Å². The van der Waals surface area contributed by atoms with E-state index < -0.39 is 19.2 Å². The molecule has 1 saturated heterocycles. The number of ether oxygens (including phenoxy) is 1. The second kappa shape index (κ2) is 8.60. The van der Waals surface area contributed by atoms with E-state index in [0.29, 0.717) is 13.0 Å². The molecule has 1 aliphatic rings. The number of allylic oxidation sites excluding steroid dienone is 1. The van der Waals surface area contributed by atoms with Gasteiger partial charge in [-0.15, -0.1) is 0 Å². The van der Waals surface area contributed by atoms with Gasteiger partial charge in [-0.2, -0.15) is 0 Å². The summed E-state index contributed by atoms with van der Waals surface area (Å²) in [6.45, 7) is 3.44. The molecular formula is C16H23BN2O4. The maximum Gasteiger partial charge on any atom is 0.475 e. The van der Waals surface area contributed by atoms with E-state index in [1.165, 1.54) is 0 Å². The summed E-state index contributed by atoms with van der Waals surface area (Å²) in [5, 5.41) is 21.5. The van der Waals surface area contributed by atoms with E-state index in [1.54, 1.807) is 0 Å². The number of carbonyl (C=O) groups excluding carboxylic acids is 1. The highest BCUT2D eigenvalue weighted by Gasteiger charge is 2.29. The third-order valence-corrected chi connectivity index (χ3v) is 3.77. The Hall–Kier alpha value is -1.99. The molecule has 0 aliphatic carbocycles. The molecule has 0 radical (unpaired) electrons. The molecule has 1 aliphatic heterocycles. The summed E-state index contributed by atoms with van der Waals surface area (Å²) in [5.74, 6) is -0.807. The van der Waals surface area contributed by atoms with Gasteiger partial charge in [-0.25, -0.2) is 4.79 Å². The van der Waals surface area contributed by atoms with Crippen molar-refractivity contribution < 1.29 is 19.6 Å². The molecule has 0 aromatic heterocycles. The average molecular weight is 318 g/mol. The predicted octanol–water partition coefficient (Wildman–Crippen LogP) is 0.944. The molecule has 2 atom stereocenters. The summed E-state index contributed by atoms with van der Waals surface area (Å²) in [6, 6.07) is 9.35. The molecule has 0 spiro atoms. The van der Waals surface area contributed by atoms with E-state index in [-0.39, 0.29) is 6.10 Å². The van der Waals surface area contributed by atoms with Gasteiger partial charge in [0, 0.05) is 13.0 Å². The van der Waals surface area contributed by atoms with Crippen molar-refractivity contribution in [3.05, 3.63) is 48.2 Å². The lowest BCUT2D eigenvalue weighted by atomic mass is 9.76. The summed E-state index contributed by atoms with van der Waals surface area (Å²) in [4.78, 5) is 14.1. The number of rotatable bonds is 6. The monoisotopic (exact) mass is 318 g/mol. The van der Waals surface area contributed by atoms with Crippen molar-refractivity contribution in [2.24, 2.45) is 0 Å². The minimum absolute atomic E-state index is 0.181. The Morgan fingerprint density at radius 2 is 2.22 bits per heavy atom. The van der Waals surface area contributed by atoms with E-state index in [4.69, 9.17) is 4.74 Å². The maximum atomic E-state index is 12.0. The Labute approximate surface area is 136 Å². The summed E-state index contributed by atoms with van der Waals surface area (Å²) in [7, 11) is -1.65. The van der Waals surface area contributed by atoms with Gasteiger partial charge in [0.25, 0.3) is 0 Å². The fourth-order valence-corrected chi connectivity index (χ4v) is 2.63. The van der Waals surface area contributed by atoms with Gasteiger partial charge in [0.1, 0.15) is 6.10 Å². The van der Waals surface area contributed by atoms with Gasteiger partial charge in [0.05, 0.1) is 12.5 Å². The molecule has 0 saturated carbocycles. The molecule has 3 N–H and O–H groups in total. The van der Waals surface area contributed by atoms with Crippen LogP contribution in [0.1, 0.15) is 18.9 Å². The van der Waals surface area contributed by atoms with Gasteiger partial charge in [0.2, 0.25) is 0 Å². The van der Waals surface area contributed by atoms with E-state index in [0.717, 1.165) is 18.5 Å². The molecule has 23 heavy (non-hydrogen) atoms. The predicted molar refractivity (Wildman–Crippen MR) is 88.5 cm³/mol. The lowest BCUT2D eigenvalue weighted by Gasteiger charge is -2.20. The van der Waals surface area contributed by atoms with Crippen molar-refractivity contribution in [2.45, 2.75) is 31.8 Å². The number of hydrogen-bond donors (Lipinski definition) is 3. The Bertz CT molecular complexity index is 524. The van der Waals surface area contributed by atoms with Crippen molar-refractivity contribution in [2.75, 3.05) is 13.1 Å². The molecule has 124 valence electrons. The molecule has 6 nitrogen and oxygen atoms in total. The normalized spacial score (nSPS) is 18.9. The molecule has 0 bridgehead atoms. The molecule has 2 rings (SSSR count). The fraction of sp³-hybridized carbons (Fsp3) is 0.438. The van der Waals surface area contributed by atoms with Crippen LogP contribution in [0.4, 0.5) is 4.79 Å². The van der Waals surface area contributed by atoms with Crippen LogP contribution in [0.3, 0.4) is 0 Å². The smallest absolute Gasteiger partial charge is 0.444 e. The van der Waals surface area contributed by atoms with Crippen molar-refractivity contribution in [1.29, 1.82) is 0 Å². The van der Waals surface area contributed by atoms with Crippen molar-refractivity contribution in [3.8, 4) is 0 Å². The summed E-state index contributed by atoms with van der Waals surface area (Å²) >= 11 is 0. The Morgan fingerprint density at radius 3 is 2.87 bits per heavy atom. The second-order valence-corrected chi connectivity index (χ2v) is 5.65. The molecule has 0 unspecified atom stereocenters. The molecule has 1 aromatic rings. The zero-order valence-corrected chi connectivity index (χ0v) is 13.3.